The van der Waals surface area contributed by atoms with E-state index in [0.717, 1.165) is 36.0 Å². The van der Waals surface area contributed by atoms with Crippen molar-refractivity contribution in [3.63, 3.8) is 0 Å². The third kappa shape index (κ3) is 12.5. The van der Waals surface area contributed by atoms with Crippen LogP contribution < -0.4 is 44.1 Å². The first-order valence-electron chi connectivity index (χ1n) is 21.9. The summed E-state index contributed by atoms with van der Waals surface area (Å²) in [7, 11) is -20.0. The van der Waals surface area contributed by atoms with Crippen LogP contribution in [-0.2, 0) is 68.7 Å². The molecular formula is C33H48IN15O25P4. The minimum Gasteiger partial charge on any atom is -0.387 e. The molecule has 0 bridgehead atoms. The molecule has 10 unspecified atom stereocenters. The van der Waals surface area contributed by atoms with Crippen molar-refractivity contribution in [1.82, 2.24) is 49.0 Å². The van der Waals surface area contributed by atoms with Gasteiger partial charge in [-0.05, 0) is 0 Å². The molecule has 78 heavy (non-hydrogen) atoms. The number of H-pyrrole nitrogens is 3. The maximum atomic E-state index is 13.7. The lowest BCUT2D eigenvalue weighted by Crippen LogP contribution is -2.45. The minimum absolute atomic E-state index is 0.00408. The molecule has 0 spiro atoms. The number of fused-ring (bicyclic) bond motifs is 2. The number of methoxy groups -OCH3 is 2. The van der Waals surface area contributed by atoms with Gasteiger partial charge in [-0.2, -0.15) is 23.6 Å². The average molecular weight is 1310 g/mol. The zero-order valence-electron chi connectivity index (χ0n) is 39.9. The van der Waals surface area contributed by atoms with Crippen LogP contribution in [0.25, 0.3) is 22.3 Å². The molecule has 5 aromatic rings. The van der Waals surface area contributed by atoms with Crippen molar-refractivity contribution in [2.24, 2.45) is 0 Å². The zero-order chi connectivity index (χ0) is 57.0. The van der Waals surface area contributed by atoms with Gasteiger partial charge in [0.1, 0.15) is 60.6 Å². The number of halogens is 1. The molecule has 0 radical (unpaired) electrons. The lowest BCUT2D eigenvalue weighted by molar-refractivity contribution is -0.0581. The van der Waals surface area contributed by atoms with Gasteiger partial charge >= 0.3 is 31.3 Å². The number of phosphoric acid groups is 4. The summed E-state index contributed by atoms with van der Waals surface area (Å²) in [6.45, 7) is -3.35. The maximum Gasteiger partial charge on any atom is 0.490 e. The van der Waals surface area contributed by atoms with E-state index in [1.54, 1.807) is 0 Å². The van der Waals surface area contributed by atoms with Crippen molar-refractivity contribution in [2.45, 2.75) is 73.6 Å². The summed E-state index contributed by atoms with van der Waals surface area (Å²) in [5, 5.41) is 35.6. The molecule has 0 aromatic carbocycles. The van der Waals surface area contributed by atoms with Gasteiger partial charge in [0.25, 0.3) is 16.7 Å². The molecule has 5 aromatic heterocycles. The van der Waals surface area contributed by atoms with Crippen molar-refractivity contribution in [3.8, 4) is 0 Å². The van der Waals surface area contributed by atoms with Crippen LogP contribution in [-0.4, -0.2) is 191 Å². The van der Waals surface area contributed by atoms with Crippen molar-refractivity contribution in [2.75, 3.05) is 73.1 Å². The van der Waals surface area contributed by atoms with E-state index in [1.165, 1.54) is 11.9 Å². The van der Waals surface area contributed by atoms with Gasteiger partial charge < -0.3 is 86.0 Å². The van der Waals surface area contributed by atoms with Crippen molar-refractivity contribution in [1.29, 1.82) is 0 Å². The summed E-state index contributed by atoms with van der Waals surface area (Å²) >= 11 is 1.86. The topological polar surface area (TPSA) is 578 Å². The quantitative estimate of drug-likeness (QED) is 0.0131. The molecule has 8 heterocycles. The summed E-state index contributed by atoms with van der Waals surface area (Å²) in [6.07, 6.45) is -17.6. The number of aliphatic hydroxyl groups excluding tert-OH is 3. The molecule has 40 nitrogen and oxygen atoms in total. The lowest BCUT2D eigenvalue weighted by Gasteiger charge is -2.30. The minimum atomic E-state index is -6.22. The van der Waals surface area contributed by atoms with Gasteiger partial charge in [0, 0.05) is 21.3 Å². The molecule has 8 rings (SSSR count). The maximum absolute atomic E-state index is 13.7. The number of alkyl halides is 1. The Morgan fingerprint density at radius 3 is 1.65 bits per heavy atom. The Morgan fingerprint density at radius 2 is 1.13 bits per heavy atom. The second kappa shape index (κ2) is 23.2. The van der Waals surface area contributed by atoms with E-state index in [4.69, 9.17) is 59.0 Å². The summed E-state index contributed by atoms with van der Waals surface area (Å²) < 4.78 is 112. The number of hydrogen-bond acceptors (Lipinski definition) is 31. The summed E-state index contributed by atoms with van der Waals surface area (Å²) in [5.41, 5.74) is 13.9. The van der Waals surface area contributed by atoms with E-state index in [0.29, 0.717) is 0 Å². The second-order valence-electron chi connectivity index (χ2n) is 16.6. The molecule has 3 aliphatic rings. The van der Waals surface area contributed by atoms with E-state index < -0.39 is 147 Å². The predicted molar refractivity (Wildman–Crippen MR) is 266 cm³/mol. The lowest BCUT2D eigenvalue weighted by atomic mass is 10.1. The van der Waals surface area contributed by atoms with Crippen LogP contribution >= 0.6 is 53.9 Å². The zero-order valence-corrected chi connectivity index (χ0v) is 45.6. The second-order valence-corrected chi connectivity index (χ2v) is 23.3. The molecule has 0 saturated carbocycles. The SMILES string of the molecule is CNc1c(N(CI)[C@H]2O[C@@H](COP(=O)(O)OP(=O)(O)OP(=O)(O)OC[C@H]3O[C@@H](n4cnc5c(=O)[nH]c(N)nc54)C(OC)C3OP(=O)(O)OC[C@H]3O[C@@H](n4cnc5c(=O)[nH]c(N)nc54)C(O)C3O)C(OC)C2O)nc(N)[nH]c1=O. The largest absolute Gasteiger partial charge is 0.490 e. The van der Waals surface area contributed by atoms with E-state index in [9.17, 15) is 67.5 Å². The molecule has 3 aliphatic heterocycles. The van der Waals surface area contributed by atoms with Gasteiger partial charge in [-0.1, -0.05) is 22.6 Å². The first kappa shape index (κ1) is 59.6. The summed E-state index contributed by atoms with van der Waals surface area (Å²) in [5.74, 6) is -1.10. The van der Waals surface area contributed by atoms with Gasteiger partial charge in [0.05, 0.1) is 37.0 Å². The third-order valence-corrected chi connectivity index (χ3v) is 17.6. The number of nitrogens with zero attached hydrogens (tertiary/aromatic N) is 8. The fourth-order valence-corrected chi connectivity index (χ4v) is 13.6. The number of rotatable bonds is 23. The van der Waals surface area contributed by atoms with Crippen LogP contribution in [0.1, 0.15) is 12.5 Å². The number of nitrogen functional groups attached to an aromatic ring is 3. The standard InChI is InChI=1S/C33H48IN15O25P4/c1-38-13-22(41-31(35)44-25(13)53)47(7-34)29-18(52)19(64-2)11(70-29)5-67-76(58,59)73-78(62,63)74-77(60,61)68-6-12-20(21(65-3)30(71-12)49-9-40-15-24(49)43-33(37)46-27(15)55)72-75(56,57)66-4-10-16(50)17(51)28(69-10)48-8-39-14-23(48)42-32(36)45-26(14)54/h8-12,16-21,28-30,38,50-52H,4-7H2,1-3H3,(H,56,57)(H,58,59)(H,60,61)(H,62,63)(H3,35,41,44,53)(H3,36,42,45,54)(H3,37,43,46,55)/t10-,11+,12-,16?,17?,18?,19?,20?,21?,28-,29+,30-/m1/s1. The van der Waals surface area contributed by atoms with Crippen LogP contribution in [0.3, 0.4) is 0 Å². The highest BCUT2D eigenvalue weighted by atomic mass is 127. The number of aromatic amines is 3. The van der Waals surface area contributed by atoms with Crippen LogP contribution in [0.4, 0.5) is 29.4 Å². The number of hydrogen-bond donors (Lipinski definition) is 14. The molecule has 3 saturated heterocycles. The number of aromatic nitrogens is 10. The monoisotopic (exact) mass is 1310 g/mol. The smallest absolute Gasteiger partial charge is 0.387 e. The van der Waals surface area contributed by atoms with Crippen LogP contribution in [0.2, 0.25) is 0 Å². The van der Waals surface area contributed by atoms with Crippen LogP contribution in [0, 0.1) is 0 Å². The number of anilines is 5. The fourth-order valence-electron chi connectivity index (χ4n) is 8.37. The van der Waals surface area contributed by atoms with Crippen LogP contribution in [0.5, 0.6) is 0 Å². The van der Waals surface area contributed by atoms with Gasteiger partial charge in [0.15, 0.2) is 46.8 Å². The number of phosphoric ester groups is 3. The number of aliphatic hydroxyl groups is 3. The molecule has 45 heteroatoms. The van der Waals surface area contributed by atoms with Gasteiger partial charge in [-0.25, -0.2) is 28.2 Å². The highest BCUT2D eigenvalue weighted by Crippen LogP contribution is 2.68. The van der Waals surface area contributed by atoms with Gasteiger partial charge in [0.2, 0.25) is 17.8 Å². The third-order valence-electron chi connectivity index (χ3n) is 11.7. The highest BCUT2D eigenvalue weighted by Gasteiger charge is 2.54. The molecule has 0 amide bonds. The first-order valence-corrected chi connectivity index (χ1v) is 29.4. The van der Waals surface area contributed by atoms with Crippen molar-refractivity contribution < 1.29 is 104 Å². The predicted octanol–water partition coefficient (Wildman–Crippen LogP) is -3.47. The van der Waals surface area contributed by atoms with E-state index >= 15 is 0 Å². The van der Waals surface area contributed by atoms with Gasteiger partial charge in [-0.3, -0.25) is 56.6 Å². The molecule has 0 aliphatic carbocycles. The molecule has 16 atom stereocenters. The van der Waals surface area contributed by atoms with Crippen molar-refractivity contribution in [3.05, 3.63) is 43.7 Å². The summed E-state index contributed by atoms with van der Waals surface area (Å²) in [4.78, 5) is 108. The van der Waals surface area contributed by atoms with E-state index in [2.05, 4.69) is 53.8 Å². The Hall–Kier alpha value is -4.49. The van der Waals surface area contributed by atoms with E-state index in [-0.39, 0.29) is 50.3 Å². The Labute approximate surface area is 447 Å². The Bertz CT molecular complexity index is 3410. The molecule has 17 N–H and O–H groups in total. The molecular weight excluding hydrogens is 1260 g/mol. The van der Waals surface area contributed by atoms with Crippen molar-refractivity contribution >= 4 is 106 Å². The Kier molecular flexibility index (Phi) is 17.7. The summed E-state index contributed by atoms with van der Waals surface area (Å²) in [6, 6.07) is 0. The Morgan fingerprint density at radius 1 is 0.654 bits per heavy atom. The number of nitrogens with two attached hydrogens (primary N) is 3. The van der Waals surface area contributed by atoms with Crippen LogP contribution in [0.15, 0.2) is 27.0 Å². The molecule has 3 fully saturated rings. The fraction of sp³-hybridized carbons (Fsp3) is 0.576. The van der Waals surface area contributed by atoms with E-state index in [1.807, 2.05) is 22.6 Å². The average Bonchev–Trinajstić information content (AvgIpc) is 4.18. The number of imidazole rings is 2. The molecule has 432 valence electrons. The first-order chi connectivity index (χ1) is 36.6. The number of nitrogens with one attached hydrogen (secondary N) is 4. The Balaban J connectivity index is 0.945. The number of ether oxygens (including phenoxy) is 5. The highest BCUT2D eigenvalue weighted by molar-refractivity contribution is 14.1. The normalized spacial score (nSPS) is 29.6. The van der Waals surface area contributed by atoms with Gasteiger partial charge in [-0.15, -0.1) is 0 Å².